The van der Waals surface area contributed by atoms with E-state index in [4.69, 9.17) is 9.47 Å². The van der Waals surface area contributed by atoms with Crippen molar-refractivity contribution in [2.45, 2.75) is 25.9 Å². The number of aromatic nitrogens is 2. The Hall–Kier alpha value is -2.83. The average Bonchev–Trinajstić information content (AvgIpc) is 2.81. The van der Waals surface area contributed by atoms with Gasteiger partial charge in [-0.05, 0) is 30.7 Å². The number of ether oxygens (including phenoxy) is 2. The third kappa shape index (κ3) is 3.73. The van der Waals surface area contributed by atoms with E-state index in [9.17, 15) is 9.59 Å². The Bertz CT molecular complexity index is 787. The Kier molecular flexibility index (Phi) is 4.79. The molecule has 0 fully saturated rings. The number of carbonyl (C=O) groups excluding carboxylic acids is 1. The van der Waals surface area contributed by atoms with Crippen molar-refractivity contribution in [1.82, 2.24) is 14.9 Å². The maximum atomic E-state index is 12.1. The van der Waals surface area contributed by atoms with Gasteiger partial charge in [0.05, 0.1) is 19.3 Å². The number of fused-ring (bicyclic) bond motifs is 1. The van der Waals surface area contributed by atoms with Gasteiger partial charge in [-0.2, -0.15) is 0 Å². The molecule has 1 aromatic carbocycles. The number of carbonyl (C=O) groups is 1. The monoisotopic (exact) mass is 329 g/mol. The molecule has 0 radical (unpaired) electrons. The standard InChI is InChI=1S/C17H19N3O4/c1-12(19-16(21)11-20-7-2-6-18-17(20)22)13-4-5-14-15(10-13)24-9-3-8-23-14/h2,4-7,10,12H,3,8-9,11H2,1H3,(H,19,21). The molecule has 0 saturated carbocycles. The van der Waals surface area contributed by atoms with Crippen LogP contribution in [0.2, 0.25) is 0 Å². The summed E-state index contributed by atoms with van der Waals surface area (Å²) in [4.78, 5) is 27.3. The number of benzene rings is 1. The molecule has 1 aliphatic heterocycles. The number of nitrogens with one attached hydrogen (secondary N) is 1. The molecule has 0 bridgehead atoms. The van der Waals surface area contributed by atoms with Gasteiger partial charge in [-0.25, -0.2) is 9.78 Å². The highest BCUT2D eigenvalue weighted by molar-refractivity contribution is 5.76. The van der Waals surface area contributed by atoms with Crippen LogP contribution in [-0.2, 0) is 11.3 Å². The number of hydrogen-bond acceptors (Lipinski definition) is 5. The van der Waals surface area contributed by atoms with Crippen LogP contribution in [0.15, 0.2) is 41.5 Å². The lowest BCUT2D eigenvalue weighted by Gasteiger charge is -2.16. The fourth-order valence-corrected chi connectivity index (χ4v) is 2.48. The van der Waals surface area contributed by atoms with Crippen LogP contribution in [0.5, 0.6) is 11.5 Å². The van der Waals surface area contributed by atoms with Crippen LogP contribution in [0.1, 0.15) is 24.9 Å². The summed E-state index contributed by atoms with van der Waals surface area (Å²) in [5.41, 5.74) is 0.460. The minimum absolute atomic E-state index is 0.0679. The molecule has 1 aliphatic rings. The molecule has 2 aromatic rings. The Balaban J connectivity index is 1.67. The SMILES string of the molecule is CC(NC(=O)Cn1cccnc1=O)c1ccc2c(c1)OCCCO2. The first-order valence-electron chi connectivity index (χ1n) is 7.84. The predicted octanol–water partition coefficient (Wildman–Crippen LogP) is 1.28. The van der Waals surface area contributed by atoms with Crippen LogP contribution < -0.4 is 20.5 Å². The molecule has 1 unspecified atom stereocenters. The predicted molar refractivity (Wildman–Crippen MR) is 87.1 cm³/mol. The Labute approximate surface area is 139 Å². The summed E-state index contributed by atoms with van der Waals surface area (Å²) in [6.45, 7) is 3.06. The Morgan fingerprint density at radius 2 is 2.12 bits per heavy atom. The highest BCUT2D eigenvalue weighted by atomic mass is 16.5. The smallest absolute Gasteiger partial charge is 0.347 e. The van der Waals surface area contributed by atoms with Crippen molar-refractivity contribution < 1.29 is 14.3 Å². The van der Waals surface area contributed by atoms with Gasteiger partial charge in [-0.1, -0.05) is 6.07 Å². The fraction of sp³-hybridized carbons (Fsp3) is 0.353. The normalized spacial score (nSPS) is 14.5. The summed E-state index contributed by atoms with van der Waals surface area (Å²) >= 11 is 0. The van der Waals surface area contributed by atoms with Crippen molar-refractivity contribution >= 4 is 5.91 Å². The van der Waals surface area contributed by atoms with E-state index < -0.39 is 5.69 Å². The van der Waals surface area contributed by atoms with Crippen LogP contribution in [0.4, 0.5) is 0 Å². The van der Waals surface area contributed by atoms with Crippen molar-refractivity contribution in [1.29, 1.82) is 0 Å². The number of amides is 1. The Morgan fingerprint density at radius 1 is 1.33 bits per heavy atom. The van der Waals surface area contributed by atoms with Crippen molar-refractivity contribution in [3.05, 3.63) is 52.7 Å². The highest BCUT2D eigenvalue weighted by Crippen LogP contribution is 2.32. The molecule has 0 saturated heterocycles. The van der Waals surface area contributed by atoms with E-state index in [0.717, 1.165) is 17.7 Å². The topological polar surface area (TPSA) is 82.5 Å². The molecule has 7 nitrogen and oxygen atoms in total. The van der Waals surface area contributed by atoms with E-state index in [-0.39, 0.29) is 18.5 Å². The van der Waals surface area contributed by atoms with Gasteiger partial charge in [0.1, 0.15) is 6.54 Å². The van der Waals surface area contributed by atoms with Gasteiger partial charge in [0, 0.05) is 18.8 Å². The maximum Gasteiger partial charge on any atom is 0.347 e. The van der Waals surface area contributed by atoms with Gasteiger partial charge in [0.2, 0.25) is 5.91 Å². The molecule has 1 atom stereocenters. The summed E-state index contributed by atoms with van der Waals surface area (Å²) in [5.74, 6) is 1.15. The number of nitrogens with zero attached hydrogens (tertiary/aromatic N) is 2. The zero-order valence-corrected chi connectivity index (χ0v) is 13.4. The van der Waals surface area contributed by atoms with Gasteiger partial charge < -0.3 is 14.8 Å². The molecule has 0 spiro atoms. The molecule has 7 heteroatoms. The summed E-state index contributed by atoms with van der Waals surface area (Å²) < 4.78 is 12.5. The molecule has 24 heavy (non-hydrogen) atoms. The van der Waals surface area contributed by atoms with E-state index >= 15 is 0 Å². The van der Waals surface area contributed by atoms with Crippen molar-refractivity contribution in [3.63, 3.8) is 0 Å². The molecule has 3 rings (SSSR count). The first kappa shape index (κ1) is 16.0. The molecule has 126 valence electrons. The third-order valence-electron chi connectivity index (χ3n) is 3.75. The second-order valence-electron chi connectivity index (χ2n) is 5.58. The summed E-state index contributed by atoms with van der Waals surface area (Å²) in [6, 6.07) is 7.02. The lowest BCUT2D eigenvalue weighted by Crippen LogP contribution is -2.34. The van der Waals surface area contributed by atoms with Crippen LogP contribution in [0.25, 0.3) is 0 Å². The summed E-state index contributed by atoms with van der Waals surface area (Å²) in [7, 11) is 0. The lowest BCUT2D eigenvalue weighted by molar-refractivity contribution is -0.122. The molecule has 1 N–H and O–H groups in total. The van der Waals surface area contributed by atoms with Crippen LogP contribution in [0, 0.1) is 0 Å². The van der Waals surface area contributed by atoms with Crippen LogP contribution in [-0.4, -0.2) is 28.7 Å². The first-order valence-corrected chi connectivity index (χ1v) is 7.84. The minimum Gasteiger partial charge on any atom is -0.490 e. The van der Waals surface area contributed by atoms with E-state index in [2.05, 4.69) is 10.3 Å². The fourth-order valence-electron chi connectivity index (χ4n) is 2.48. The molecule has 0 aliphatic carbocycles. The van der Waals surface area contributed by atoms with E-state index in [1.807, 2.05) is 25.1 Å². The first-order chi connectivity index (χ1) is 11.6. The highest BCUT2D eigenvalue weighted by Gasteiger charge is 2.15. The Morgan fingerprint density at radius 3 is 2.92 bits per heavy atom. The van der Waals surface area contributed by atoms with Gasteiger partial charge in [-0.15, -0.1) is 0 Å². The van der Waals surface area contributed by atoms with Crippen LogP contribution >= 0.6 is 0 Å². The largest absolute Gasteiger partial charge is 0.490 e. The van der Waals surface area contributed by atoms with E-state index in [1.165, 1.54) is 17.0 Å². The molecular formula is C17H19N3O4. The van der Waals surface area contributed by atoms with E-state index in [1.54, 1.807) is 6.07 Å². The maximum absolute atomic E-state index is 12.1. The van der Waals surface area contributed by atoms with Gasteiger partial charge in [0.15, 0.2) is 11.5 Å². The average molecular weight is 329 g/mol. The summed E-state index contributed by atoms with van der Waals surface area (Å²) in [5, 5.41) is 2.87. The van der Waals surface area contributed by atoms with Gasteiger partial charge in [0.25, 0.3) is 0 Å². The zero-order chi connectivity index (χ0) is 16.9. The second kappa shape index (κ2) is 7.16. The van der Waals surface area contributed by atoms with Gasteiger partial charge >= 0.3 is 5.69 Å². The minimum atomic E-state index is -0.448. The lowest BCUT2D eigenvalue weighted by atomic mass is 10.1. The van der Waals surface area contributed by atoms with Crippen LogP contribution in [0.3, 0.4) is 0 Å². The molecular weight excluding hydrogens is 310 g/mol. The second-order valence-corrected chi connectivity index (χ2v) is 5.58. The van der Waals surface area contributed by atoms with Crippen molar-refractivity contribution in [2.75, 3.05) is 13.2 Å². The van der Waals surface area contributed by atoms with Gasteiger partial charge in [-0.3, -0.25) is 9.36 Å². The van der Waals surface area contributed by atoms with Crippen molar-refractivity contribution in [3.8, 4) is 11.5 Å². The van der Waals surface area contributed by atoms with E-state index in [0.29, 0.717) is 19.0 Å². The van der Waals surface area contributed by atoms with Crippen molar-refractivity contribution in [2.24, 2.45) is 0 Å². The summed E-state index contributed by atoms with van der Waals surface area (Å²) in [6.07, 6.45) is 3.78. The molecule has 2 heterocycles. The number of hydrogen-bond donors (Lipinski definition) is 1. The quantitative estimate of drug-likeness (QED) is 0.914. The number of rotatable bonds is 4. The molecule has 1 aromatic heterocycles. The third-order valence-corrected chi connectivity index (χ3v) is 3.75. The zero-order valence-electron chi connectivity index (χ0n) is 13.4. The molecule has 1 amide bonds.